The number of aromatic nitrogens is 4. The maximum absolute atomic E-state index is 13.6. The van der Waals surface area contributed by atoms with E-state index >= 15 is 0 Å². The van der Waals surface area contributed by atoms with Gasteiger partial charge in [-0.1, -0.05) is 30.3 Å². The second kappa shape index (κ2) is 11.4. The van der Waals surface area contributed by atoms with E-state index in [1.165, 1.54) is 18.5 Å². The molecule has 0 unspecified atom stereocenters. The van der Waals surface area contributed by atoms with Gasteiger partial charge >= 0.3 is 0 Å². The Morgan fingerprint density at radius 1 is 1.11 bits per heavy atom. The van der Waals surface area contributed by atoms with Crippen molar-refractivity contribution < 1.29 is 18.7 Å². The molecule has 38 heavy (non-hydrogen) atoms. The first kappa shape index (κ1) is 26.1. The van der Waals surface area contributed by atoms with Gasteiger partial charge in [-0.15, -0.1) is 0 Å². The number of nitriles is 1. The van der Waals surface area contributed by atoms with Gasteiger partial charge in [0.15, 0.2) is 28.8 Å². The summed E-state index contributed by atoms with van der Waals surface area (Å²) in [4.78, 5) is 29.6. The lowest BCUT2D eigenvalue weighted by molar-refractivity contribution is 0.0935. The van der Waals surface area contributed by atoms with Crippen molar-refractivity contribution in [3.8, 4) is 17.3 Å². The molecule has 0 aliphatic carbocycles. The van der Waals surface area contributed by atoms with Crippen molar-refractivity contribution in [2.75, 3.05) is 11.1 Å². The summed E-state index contributed by atoms with van der Waals surface area (Å²) in [5.41, 5.74) is 8.31. The SMILES string of the molecule is C[C@H](NC(=O)c1nc(C#N)cnc1NCc1ccc(-c2cnc(N)c(CO)n2)cc1)c1ccc(F)c(F)c1. The standard InChI is InChI=1S/C26H22F2N8O2/c1-14(17-6-7-19(27)20(28)8-17)34-26(38)23-25(33-11-18(9-29)35-23)32-10-15-2-4-16(5-3-15)21-12-31-24(30)22(13-37)36-21/h2-8,11-12,14,37H,10,13H2,1H3,(H2,30,31)(H,32,33)(H,34,38)/t14-/m0/s1. The summed E-state index contributed by atoms with van der Waals surface area (Å²) in [7, 11) is 0. The Bertz CT molecular complexity index is 1520. The Labute approximate surface area is 216 Å². The first-order valence-electron chi connectivity index (χ1n) is 11.4. The second-order valence-electron chi connectivity index (χ2n) is 8.23. The number of benzene rings is 2. The maximum Gasteiger partial charge on any atom is 0.274 e. The van der Waals surface area contributed by atoms with Crippen LogP contribution in [-0.2, 0) is 13.2 Å². The highest BCUT2D eigenvalue weighted by Crippen LogP contribution is 2.21. The summed E-state index contributed by atoms with van der Waals surface area (Å²) in [6.45, 7) is 1.56. The number of nitrogen functional groups attached to an aromatic ring is 1. The van der Waals surface area contributed by atoms with Gasteiger partial charge in [0.1, 0.15) is 17.6 Å². The molecule has 10 nitrogen and oxygen atoms in total. The predicted molar refractivity (Wildman–Crippen MR) is 134 cm³/mol. The number of carbonyl (C=O) groups excluding carboxylic acids is 1. The van der Waals surface area contributed by atoms with Crippen LogP contribution in [0.1, 0.15) is 46.0 Å². The number of rotatable bonds is 8. The summed E-state index contributed by atoms with van der Waals surface area (Å²) in [6, 6.07) is 11.8. The van der Waals surface area contributed by atoms with Crippen molar-refractivity contribution in [2.45, 2.75) is 26.1 Å². The third-order valence-corrected chi connectivity index (χ3v) is 5.63. The van der Waals surface area contributed by atoms with Gasteiger partial charge in [0.05, 0.1) is 30.7 Å². The zero-order valence-corrected chi connectivity index (χ0v) is 20.1. The number of carbonyl (C=O) groups is 1. The number of amides is 1. The number of hydrogen-bond acceptors (Lipinski definition) is 9. The zero-order chi connectivity index (χ0) is 27.2. The molecule has 1 amide bonds. The fourth-order valence-electron chi connectivity index (χ4n) is 3.53. The highest BCUT2D eigenvalue weighted by Gasteiger charge is 2.19. The average Bonchev–Trinajstić information content (AvgIpc) is 2.93. The van der Waals surface area contributed by atoms with E-state index in [4.69, 9.17) is 5.73 Å². The summed E-state index contributed by atoms with van der Waals surface area (Å²) < 4.78 is 26.9. The van der Waals surface area contributed by atoms with E-state index in [0.717, 1.165) is 23.3 Å². The fraction of sp³-hybridized carbons (Fsp3) is 0.154. The lowest BCUT2D eigenvalue weighted by Crippen LogP contribution is -2.29. The van der Waals surface area contributed by atoms with Crippen molar-refractivity contribution >= 4 is 17.5 Å². The third-order valence-electron chi connectivity index (χ3n) is 5.63. The highest BCUT2D eigenvalue weighted by atomic mass is 19.2. The molecule has 0 saturated carbocycles. The van der Waals surface area contributed by atoms with Crippen molar-refractivity contribution in [1.29, 1.82) is 5.26 Å². The largest absolute Gasteiger partial charge is 0.390 e. The Hall–Kier alpha value is -5.02. The van der Waals surface area contributed by atoms with Crippen molar-refractivity contribution in [3.63, 3.8) is 0 Å². The van der Waals surface area contributed by atoms with Crippen LogP contribution >= 0.6 is 0 Å². The Kier molecular flexibility index (Phi) is 7.79. The van der Waals surface area contributed by atoms with E-state index < -0.39 is 23.6 Å². The highest BCUT2D eigenvalue weighted by molar-refractivity contribution is 5.97. The zero-order valence-electron chi connectivity index (χ0n) is 20.1. The van der Waals surface area contributed by atoms with Gasteiger partial charge in [0, 0.05) is 12.1 Å². The van der Waals surface area contributed by atoms with Crippen LogP contribution in [0.15, 0.2) is 54.9 Å². The Balaban J connectivity index is 1.49. The minimum atomic E-state index is -1.03. The molecular weight excluding hydrogens is 494 g/mol. The third kappa shape index (κ3) is 5.85. The summed E-state index contributed by atoms with van der Waals surface area (Å²) in [5, 5.41) is 24.3. The van der Waals surface area contributed by atoms with Gasteiger partial charge in [0.2, 0.25) is 0 Å². The minimum Gasteiger partial charge on any atom is -0.390 e. The van der Waals surface area contributed by atoms with Crippen molar-refractivity contribution in [1.82, 2.24) is 25.3 Å². The van der Waals surface area contributed by atoms with E-state index in [9.17, 15) is 23.9 Å². The molecule has 2 heterocycles. The van der Waals surface area contributed by atoms with Crippen molar-refractivity contribution in [2.24, 2.45) is 0 Å². The van der Waals surface area contributed by atoms with E-state index in [0.29, 0.717) is 11.3 Å². The smallest absolute Gasteiger partial charge is 0.274 e. The van der Waals surface area contributed by atoms with E-state index in [-0.39, 0.29) is 41.9 Å². The number of nitrogens with one attached hydrogen (secondary N) is 2. The van der Waals surface area contributed by atoms with E-state index in [1.54, 1.807) is 6.92 Å². The molecule has 0 radical (unpaired) electrons. The number of aliphatic hydroxyl groups is 1. The molecule has 0 bridgehead atoms. The molecule has 12 heteroatoms. The van der Waals surface area contributed by atoms with E-state index in [2.05, 4.69) is 30.6 Å². The molecule has 5 N–H and O–H groups in total. The van der Waals surface area contributed by atoms with Gasteiger partial charge in [-0.2, -0.15) is 5.26 Å². The molecular formula is C26H22F2N8O2. The number of aliphatic hydroxyl groups excluding tert-OH is 1. The number of anilines is 2. The molecule has 4 aromatic rings. The van der Waals surface area contributed by atoms with Crippen LogP contribution in [0.25, 0.3) is 11.3 Å². The fourth-order valence-corrected chi connectivity index (χ4v) is 3.53. The molecule has 2 aromatic heterocycles. The number of nitrogens with two attached hydrogens (primary N) is 1. The van der Waals surface area contributed by atoms with Gasteiger partial charge in [-0.3, -0.25) is 4.79 Å². The Morgan fingerprint density at radius 2 is 1.87 bits per heavy atom. The van der Waals surface area contributed by atoms with Gasteiger partial charge in [-0.05, 0) is 30.2 Å². The maximum atomic E-state index is 13.6. The van der Waals surface area contributed by atoms with Crippen LogP contribution in [-0.4, -0.2) is 30.9 Å². The van der Waals surface area contributed by atoms with Crippen LogP contribution in [0.2, 0.25) is 0 Å². The first-order chi connectivity index (χ1) is 18.3. The summed E-state index contributed by atoms with van der Waals surface area (Å²) in [5.74, 6) is -2.36. The lowest BCUT2D eigenvalue weighted by atomic mass is 10.1. The summed E-state index contributed by atoms with van der Waals surface area (Å²) in [6.07, 6.45) is 2.75. The van der Waals surface area contributed by atoms with Crippen LogP contribution < -0.4 is 16.4 Å². The van der Waals surface area contributed by atoms with Crippen LogP contribution in [0.4, 0.5) is 20.4 Å². The van der Waals surface area contributed by atoms with Gasteiger partial charge < -0.3 is 21.5 Å². The predicted octanol–water partition coefficient (Wildman–Crippen LogP) is 3.26. The monoisotopic (exact) mass is 516 g/mol. The normalized spacial score (nSPS) is 11.4. The number of hydrogen-bond donors (Lipinski definition) is 4. The van der Waals surface area contributed by atoms with E-state index in [1.807, 2.05) is 30.3 Å². The lowest BCUT2D eigenvalue weighted by Gasteiger charge is -2.16. The molecule has 4 rings (SSSR count). The topological polar surface area (TPSA) is 163 Å². The molecule has 0 saturated heterocycles. The molecule has 2 aromatic carbocycles. The van der Waals surface area contributed by atoms with Crippen molar-refractivity contribution in [3.05, 3.63) is 94.7 Å². The average molecular weight is 517 g/mol. The van der Waals surface area contributed by atoms with Gasteiger partial charge in [-0.25, -0.2) is 28.7 Å². The molecule has 192 valence electrons. The minimum absolute atomic E-state index is 0.0580. The molecule has 0 aliphatic rings. The number of nitrogens with zero attached hydrogens (tertiary/aromatic N) is 5. The Morgan fingerprint density at radius 3 is 2.55 bits per heavy atom. The molecule has 0 spiro atoms. The molecule has 0 fully saturated rings. The first-order valence-corrected chi connectivity index (χ1v) is 11.4. The molecule has 0 aliphatic heterocycles. The van der Waals surface area contributed by atoms with Gasteiger partial charge in [0.25, 0.3) is 5.91 Å². The van der Waals surface area contributed by atoms with Crippen LogP contribution in [0.3, 0.4) is 0 Å². The quantitative estimate of drug-likeness (QED) is 0.275. The number of halogens is 2. The second-order valence-corrected chi connectivity index (χ2v) is 8.23. The van der Waals surface area contributed by atoms with Crippen LogP contribution in [0.5, 0.6) is 0 Å². The summed E-state index contributed by atoms with van der Waals surface area (Å²) >= 11 is 0. The molecule has 1 atom stereocenters. The van der Waals surface area contributed by atoms with Crippen LogP contribution in [0, 0.1) is 23.0 Å².